The summed E-state index contributed by atoms with van der Waals surface area (Å²) >= 11 is 0. The summed E-state index contributed by atoms with van der Waals surface area (Å²) in [7, 11) is 0. The molecule has 1 saturated heterocycles. The summed E-state index contributed by atoms with van der Waals surface area (Å²) in [5, 5.41) is 0. The lowest BCUT2D eigenvalue weighted by Crippen LogP contribution is -2.43. The van der Waals surface area contributed by atoms with E-state index in [4.69, 9.17) is 4.74 Å². The Bertz CT molecular complexity index is 467. The molecule has 0 aromatic rings. The zero-order valence-electron chi connectivity index (χ0n) is 11.1. The third kappa shape index (κ3) is 1.19. The van der Waals surface area contributed by atoms with E-state index in [1.165, 1.54) is 11.1 Å². The third-order valence-corrected chi connectivity index (χ3v) is 4.98. The predicted octanol–water partition coefficient (Wildman–Crippen LogP) is 3.38. The first-order valence-corrected chi connectivity index (χ1v) is 6.49. The molecule has 0 radical (unpaired) electrons. The minimum Gasteiger partial charge on any atom is -0.458 e. The average Bonchev–Trinajstić information content (AvgIpc) is 2.47. The van der Waals surface area contributed by atoms with Crippen molar-refractivity contribution < 1.29 is 9.53 Å². The second-order valence-corrected chi connectivity index (χ2v) is 6.50. The number of ether oxygens (including phenoxy) is 1. The van der Waals surface area contributed by atoms with Crippen LogP contribution in [0.3, 0.4) is 0 Å². The Morgan fingerprint density at radius 1 is 1.35 bits per heavy atom. The topological polar surface area (TPSA) is 26.3 Å². The zero-order valence-corrected chi connectivity index (χ0v) is 11.1. The molecule has 0 aromatic carbocycles. The van der Waals surface area contributed by atoms with Gasteiger partial charge in [0.25, 0.3) is 0 Å². The largest absolute Gasteiger partial charge is 0.458 e. The third-order valence-electron chi connectivity index (χ3n) is 4.98. The fourth-order valence-electron chi connectivity index (χ4n) is 4.13. The van der Waals surface area contributed by atoms with Crippen LogP contribution in [0.2, 0.25) is 0 Å². The second-order valence-electron chi connectivity index (χ2n) is 6.50. The van der Waals surface area contributed by atoms with E-state index in [-0.39, 0.29) is 22.9 Å². The molecule has 2 nitrogen and oxygen atoms in total. The molecule has 1 heterocycles. The fraction of sp³-hybridized carbons (Fsp3) is 0.667. The summed E-state index contributed by atoms with van der Waals surface area (Å²) in [6.07, 6.45) is 5.42. The van der Waals surface area contributed by atoms with Crippen molar-refractivity contribution in [3.05, 3.63) is 22.8 Å². The molecule has 17 heavy (non-hydrogen) atoms. The number of carbonyl (C=O) groups excluding carboxylic acids is 1. The normalized spacial score (nSPS) is 38.7. The summed E-state index contributed by atoms with van der Waals surface area (Å²) in [6, 6.07) is 0. The Labute approximate surface area is 103 Å². The van der Waals surface area contributed by atoms with Gasteiger partial charge in [-0.15, -0.1) is 0 Å². The van der Waals surface area contributed by atoms with E-state index in [1.807, 2.05) is 0 Å². The van der Waals surface area contributed by atoms with Crippen LogP contribution in [-0.4, -0.2) is 12.1 Å². The highest BCUT2D eigenvalue weighted by Gasteiger charge is 2.59. The van der Waals surface area contributed by atoms with Crippen molar-refractivity contribution in [2.75, 3.05) is 0 Å². The van der Waals surface area contributed by atoms with Crippen molar-refractivity contribution >= 4 is 5.97 Å². The van der Waals surface area contributed by atoms with Crippen molar-refractivity contribution in [3.8, 4) is 0 Å². The molecule has 92 valence electrons. The van der Waals surface area contributed by atoms with E-state index in [0.29, 0.717) is 0 Å². The van der Waals surface area contributed by atoms with Crippen molar-refractivity contribution in [2.24, 2.45) is 10.8 Å². The molecule has 0 unspecified atom stereocenters. The molecule has 0 amide bonds. The maximum Gasteiger partial charge on any atom is 0.335 e. The zero-order chi connectivity index (χ0) is 12.4. The monoisotopic (exact) mass is 232 g/mol. The molecule has 0 spiro atoms. The Balaban J connectivity index is 2.22. The van der Waals surface area contributed by atoms with Gasteiger partial charge >= 0.3 is 5.97 Å². The van der Waals surface area contributed by atoms with Crippen molar-refractivity contribution in [1.29, 1.82) is 0 Å². The van der Waals surface area contributed by atoms with Crippen molar-refractivity contribution in [3.63, 3.8) is 0 Å². The van der Waals surface area contributed by atoms with Gasteiger partial charge in [-0.05, 0) is 38.5 Å². The van der Waals surface area contributed by atoms with E-state index in [0.717, 1.165) is 24.8 Å². The lowest BCUT2D eigenvalue weighted by Gasteiger charge is -2.48. The maximum atomic E-state index is 12.1. The summed E-state index contributed by atoms with van der Waals surface area (Å²) in [4.78, 5) is 12.1. The van der Waals surface area contributed by atoms with E-state index in [9.17, 15) is 4.79 Å². The summed E-state index contributed by atoms with van der Waals surface area (Å²) in [6.45, 7) is 8.86. The van der Waals surface area contributed by atoms with Crippen molar-refractivity contribution in [1.82, 2.24) is 0 Å². The highest BCUT2D eigenvalue weighted by atomic mass is 16.6. The molecule has 0 bridgehead atoms. The molecule has 3 aliphatic rings. The Hall–Kier alpha value is -1.05. The number of hydrogen-bond donors (Lipinski definition) is 0. The molecule has 1 aliphatic heterocycles. The Kier molecular flexibility index (Phi) is 1.98. The quantitative estimate of drug-likeness (QED) is 0.472. The summed E-state index contributed by atoms with van der Waals surface area (Å²) in [5.41, 5.74) is 3.62. The molecular weight excluding hydrogens is 212 g/mol. The number of carbonyl (C=O) groups is 1. The van der Waals surface area contributed by atoms with Crippen molar-refractivity contribution in [2.45, 2.75) is 53.1 Å². The first-order chi connectivity index (χ1) is 7.87. The van der Waals surface area contributed by atoms with Crippen LogP contribution in [-0.2, 0) is 9.53 Å². The van der Waals surface area contributed by atoms with Gasteiger partial charge in [0, 0.05) is 0 Å². The first kappa shape index (κ1) is 11.1. The minimum absolute atomic E-state index is 0.0690. The smallest absolute Gasteiger partial charge is 0.335 e. The lowest BCUT2D eigenvalue weighted by atomic mass is 9.55. The summed E-state index contributed by atoms with van der Waals surface area (Å²) in [5.74, 6) is -0.0710. The Morgan fingerprint density at radius 3 is 2.76 bits per heavy atom. The molecule has 2 atom stereocenters. The molecule has 2 fully saturated rings. The highest BCUT2D eigenvalue weighted by Crippen LogP contribution is 2.60. The molecule has 0 aromatic heterocycles. The molecular formula is C15H20O2. The van der Waals surface area contributed by atoms with Gasteiger partial charge in [-0.3, -0.25) is 0 Å². The summed E-state index contributed by atoms with van der Waals surface area (Å²) < 4.78 is 5.61. The van der Waals surface area contributed by atoms with E-state index in [1.54, 1.807) is 0 Å². The lowest BCUT2D eigenvalue weighted by molar-refractivity contribution is -0.140. The molecule has 2 heteroatoms. The van der Waals surface area contributed by atoms with Gasteiger partial charge in [0.2, 0.25) is 0 Å². The van der Waals surface area contributed by atoms with Crippen LogP contribution >= 0.6 is 0 Å². The van der Waals surface area contributed by atoms with Gasteiger partial charge in [0.05, 0.1) is 11.0 Å². The van der Waals surface area contributed by atoms with Crippen LogP contribution in [0.4, 0.5) is 0 Å². The van der Waals surface area contributed by atoms with Crippen LogP contribution in [0.15, 0.2) is 22.8 Å². The second kappa shape index (κ2) is 3.04. The van der Waals surface area contributed by atoms with Crippen LogP contribution in [0.1, 0.15) is 47.0 Å². The SMILES string of the molecule is CC1=C2C(=O)O[C@H]3CCC(C)(C)C(=CC1)[C@@]23C. The van der Waals surface area contributed by atoms with Crippen LogP contribution in [0, 0.1) is 10.8 Å². The molecule has 2 aliphatic carbocycles. The van der Waals surface area contributed by atoms with Gasteiger partial charge < -0.3 is 4.74 Å². The standard InChI is InChI=1S/C15H20O2/c1-9-5-6-10-14(2,3)8-7-11-15(10,4)12(9)13(16)17-11/h6,11H,5,7-8H2,1-4H3/t11-,15+/m0/s1. The number of hydrogen-bond acceptors (Lipinski definition) is 2. The predicted molar refractivity (Wildman–Crippen MR) is 66.4 cm³/mol. The average molecular weight is 232 g/mol. The van der Waals surface area contributed by atoms with Gasteiger partial charge in [-0.2, -0.15) is 0 Å². The van der Waals surface area contributed by atoms with E-state index < -0.39 is 0 Å². The fourth-order valence-corrected chi connectivity index (χ4v) is 4.13. The van der Waals surface area contributed by atoms with Crippen LogP contribution in [0.25, 0.3) is 0 Å². The van der Waals surface area contributed by atoms with Gasteiger partial charge in [-0.1, -0.05) is 31.1 Å². The number of rotatable bonds is 0. The van der Waals surface area contributed by atoms with Gasteiger partial charge in [-0.25, -0.2) is 4.79 Å². The van der Waals surface area contributed by atoms with Crippen LogP contribution in [0.5, 0.6) is 0 Å². The highest BCUT2D eigenvalue weighted by molar-refractivity contribution is 5.95. The van der Waals surface area contributed by atoms with Gasteiger partial charge in [0.1, 0.15) is 6.10 Å². The van der Waals surface area contributed by atoms with Crippen LogP contribution < -0.4 is 0 Å². The van der Waals surface area contributed by atoms with E-state index >= 15 is 0 Å². The number of allylic oxidation sites excluding steroid dienone is 2. The maximum absolute atomic E-state index is 12.1. The van der Waals surface area contributed by atoms with Gasteiger partial charge in [0.15, 0.2) is 0 Å². The molecule has 1 saturated carbocycles. The van der Waals surface area contributed by atoms with E-state index in [2.05, 4.69) is 33.8 Å². The molecule has 3 rings (SSSR count). The molecule has 0 N–H and O–H groups in total. The number of esters is 1. The minimum atomic E-state index is -0.152. The Morgan fingerprint density at radius 2 is 2.06 bits per heavy atom. The first-order valence-electron chi connectivity index (χ1n) is 6.49.